The molecule has 0 aliphatic carbocycles. The Kier molecular flexibility index (Phi) is 4.89. The van der Waals surface area contributed by atoms with Gasteiger partial charge in [-0.2, -0.15) is 0 Å². The maximum atomic E-state index is 12.4. The minimum Gasteiger partial charge on any atom is -0.356 e. The van der Waals surface area contributed by atoms with Crippen LogP contribution in [0.1, 0.15) is 5.69 Å². The molecule has 0 fully saturated rings. The minimum atomic E-state index is -2.59. The Bertz CT molecular complexity index is 589. The van der Waals surface area contributed by atoms with E-state index in [1.165, 1.54) is 0 Å². The Morgan fingerprint density at radius 2 is 2.15 bits per heavy atom. The van der Waals surface area contributed by atoms with E-state index in [2.05, 4.69) is 5.16 Å². The molecule has 0 saturated heterocycles. The van der Waals surface area contributed by atoms with Gasteiger partial charge in [0, 0.05) is 17.8 Å². The summed E-state index contributed by atoms with van der Waals surface area (Å²) >= 11 is 5.53. The van der Waals surface area contributed by atoms with Crippen molar-refractivity contribution in [3.05, 3.63) is 30.0 Å². The predicted molar refractivity (Wildman–Crippen MR) is 71.0 cm³/mol. The van der Waals surface area contributed by atoms with Gasteiger partial charge >= 0.3 is 0 Å². The van der Waals surface area contributed by atoms with Gasteiger partial charge in [-0.15, -0.1) is 11.6 Å². The normalized spacial score (nSPS) is 11.2. The van der Waals surface area contributed by atoms with E-state index in [4.69, 9.17) is 16.1 Å². The van der Waals surface area contributed by atoms with E-state index < -0.39 is 18.9 Å². The molecule has 1 aromatic carbocycles. The maximum Gasteiger partial charge on any atom is 0.255 e. The van der Waals surface area contributed by atoms with Crippen LogP contribution in [0.5, 0.6) is 0 Å². The fourth-order valence-electron chi connectivity index (χ4n) is 1.91. The van der Waals surface area contributed by atoms with Crippen LogP contribution in [0.15, 0.2) is 28.8 Å². The molecule has 108 valence electrons. The Morgan fingerprint density at radius 3 is 2.85 bits per heavy atom. The lowest BCUT2D eigenvalue weighted by Crippen LogP contribution is -2.37. The monoisotopic (exact) mass is 302 g/mol. The lowest BCUT2D eigenvalue weighted by Gasteiger charge is -2.20. The molecule has 0 spiro atoms. The zero-order valence-corrected chi connectivity index (χ0v) is 11.3. The van der Waals surface area contributed by atoms with Crippen LogP contribution in [-0.4, -0.2) is 41.4 Å². The van der Waals surface area contributed by atoms with Crippen LogP contribution in [0.2, 0.25) is 0 Å². The van der Waals surface area contributed by atoms with Crippen LogP contribution in [0.3, 0.4) is 0 Å². The third-order valence-corrected chi connectivity index (χ3v) is 3.01. The molecule has 1 heterocycles. The summed E-state index contributed by atoms with van der Waals surface area (Å²) in [6, 6.07) is 7.08. The van der Waals surface area contributed by atoms with Crippen LogP contribution in [0.4, 0.5) is 8.78 Å². The number of carbonyl (C=O) groups is 1. The molecule has 2 aromatic rings. The molecule has 0 atom stereocenters. The highest BCUT2D eigenvalue weighted by Crippen LogP contribution is 2.18. The quantitative estimate of drug-likeness (QED) is 0.771. The Morgan fingerprint density at radius 1 is 1.40 bits per heavy atom. The second-order valence-corrected chi connectivity index (χ2v) is 4.60. The molecule has 0 aliphatic heterocycles. The van der Waals surface area contributed by atoms with Gasteiger partial charge in [-0.05, 0) is 12.1 Å². The first-order chi connectivity index (χ1) is 9.61. The molecule has 0 aliphatic rings. The van der Waals surface area contributed by atoms with Crippen LogP contribution in [-0.2, 0) is 11.2 Å². The first-order valence-electron chi connectivity index (χ1n) is 6.07. The Hall–Kier alpha value is -1.69. The number of para-hydroxylation sites is 1. The second-order valence-electron chi connectivity index (χ2n) is 4.22. The van der Waals surface area contributed by atoms with Gasteiger partial charge in [0.25, 0.3) is 6.43 Å². The van der Waals surface area contributed by atoms with Gasteiger partial charge in [-0.25, -0.2) is 8.78 Å². The Balaban J connectivity index is 2.12. The lowest BCUT2D eigenvalue weighted by atomic mass is 10.1. The summed E-state index contributed by atoms with van der Waals surface area (Å²) in [7, 11) is 0. The van der Waals surface area contributed by atoms with E-state index >= 15 is 0 Å². The Labute approximate surface area is 119 Å². The number of hydrogen-bond donors (Lipinski definition) is 0. The minimum absolute atomic E-state index is 0.0827. The van der Waals surface area contributed by atoms with Crippen molar-refractivity contribution in [3.63, 3.8) is 0 Å². The molecule has 1 amide bonds. The van der Waals surface area contributed by atoms with Crippen molar-refractivity contribution in [2.75, 3.05) is 19.0 Å². The average molecular weight is 303 g/mol. The van der Waals surface area contributed by atoms with Crippen LogP contribution in [0.25, 0.3) is 11.0 Å². The topological polar surface area (TPSA) is 46.3 Å². The number of amides is 1. The molecule has 4 nitrogen and oxygen atoms in total. The number of hydrogen-bond acceptors (Lipinski definition) is 3. The fourth-order valence-corrected chi connectivity index (χ4v) is 2.11. The van der Waals surface area contributed by atoms with Crippen LogP contribution >= 0.6 is 11.6 Å². The highest BCUT2D eigenvalue weighted by atomic mass is 35.5. The summed E-state index contributed by atoms with van der Waals surface area (Å²) in [6.45, 7) is -0.540. The van der Waals surface area contributed by atoms with E-state index in [0.717, 1.165) is 4.90 Å². The highest BCUT2D eigenvalue weighted by Gasteiger charge is 2.20. The number of halogens is 3. The molecule has 20 heavy (non-hydrogen) atoms. The number of benzene rings is 1. The molecule has 0 unspecified atom stereocenters. The average Bonchev–Trinajstić information content (AvgIpc) is 2.81. The second kappa shape index (κ2) is 6.65. The standard InChI is InChI=1S/C13H13ClF2N2O2/c14-5-6-18(8-12(15)16)13(19)7-10-9-3-1-2-4-11(9)20-17-10/h1-4,12H,5-8H2. The summed E-state index contributed by atoms with van der Waals surface area (Å²) in [5, 5.41) is 4.53. The molecule has 0 radical (unpaired) electrons. The van der Waals surface area contributed by atoms with Crippen molar-refractivity contribution in [3.8, 4) is 0 Å². The first kappa shape index (κ1) is 14.7. The SMILES string of the molecule is O=C(Cc1noc2ccccc12)N(CCCl)CC(F)F. The van der Waals surface area contributed by atoms with E-state index in [1.54, 1.807) is 24.3 Å². The number of carbonyl (C=O) groups excluding carboxylic acids is 1. The number of nitrogens with zero attached hydrogens (tertiary/aromatic N) is 2. The summed E-state index contributed by atoms with van der Waals surface area (Å²) in [4.78, 5) is 13.1. The van der Waals surface area contributed by atoms with Crippen LogP contribution < -0.4 is 0 Å². The number of alkyl halides is 3. The molecule has 0 N–H and O–H groups in total. The van der Waals surface area contributed by atoms with Crippen molar-refractivity contribution in [1.82, 2.24) is 10.1 Å². The summed E-state index contributed by atoms with van der Waals surface area (Å²) in [5.41, 5.74) is 1.01. The van der Waals surface area contributed by atoms with Gasteiger partial charge in [0.15, 0.2) is 5.58 Å². The number of fused-ring (bicyclic) bond motifs is 1. The largest absolute Gasteiger partial charge is 0.356 e. The highest BCUT2D eigenvalue weighted by molar-refractivity contribution is 6.18. The molecule has 0 saturated carbocycles. The predicted octanol–water partition coefficient (Wildman–Crippen LogP) is 2.70. The van der Waals surface area contributed by atoms with E-state index in [1.807, 2.05) is 0 Å². The van der Waals surface area contributed by atoms with Crippen molar-refractivity contribution >= 4 is 28.5 Å². The van der Waals surface area contributed by atoms with E-state index in [9.17, 15) is 13.6 Å². The third-order valence-electron chi connectivity index (χ3n) is 2.84. The fraction of sp³-hybridized carbons (Fsp3) is 0.385. The van der Waals surface area contributed by atoms with Gasteiger partial charge in [0.2, 0.25) is 5.91 Å². The van der Waals surface area contributed by atoms with Crippen molar-refractivity contribution in [2.45, 2.75) is 12.8 Å². The molecular formula is C13H13ClF2N2O2. The van der Waals surface area contributed by atoms with Gasteiger partial charge in [0.1, 0.15) is 5.69 Å². The third kappa shape index (κ3) is 3.45. The molecule has 2 rings (SSSR count). The van der Waals surface area contributed by atoms with E-state index in [0.29, 0.717) is 16.7 Å². The van der Waals surface area contributed by atoms with Gasteiger partial charge < -0.3 is 9.42 Å². The first-order valence-corrected chi connectivity index (χ1v) is 6.60. The van der Waals surface area contributed by atoms with Gasteiger partial charge in [0.05, 0.1) is 13.0 Å². The summed E-state index contributed by atoms with van der Waals surface area (Å²) < 4.78 is 29.9. The number of aromatic nitrogens is 1. The van der Waals surface area contributed by atoms with Gasteiger partial charge in [-0.1, -0.05) is 17.3 Å². The molecule has 7 heteroatoms. The zero-order chi connectivity index (χ0) is 14.5. The van der Waals surface area contributed by atoms with Crippen molar-refractivity contribution in [2.24, 2.45) is 0 Å². The van der Waals surface area contributed by atoms with Crippen molar-refractivity contribution < 1.29 is 18.1 Å². The molecule has 1 aromatic heterocycles. The number of rotatable bonds is 6. The van der Waals surface area contributed by atoms with Gasteiger partial charge in [-0.3, -0.25) is 4.79 Å². The maximum absolute atomic E-state index is 12.4. The molecule has 0 bridgehead atoms. The smallest absolute Gasteiger partial charge is 0.255 e. The van der Waals surface area contributed by atoms with E-state index in [-0.39, 0.29) is 18.8 Å². The summed E-state index contributed by atoms with van der Waals surface area (Å²) in [5.74, 6) is -0.331. The summed E-state index contributed by atoms with van der Waals surface area (Å²) in [6.07, 6.45) is -2.67. The lowest BCUT2D eigenvalue weighted by molar-refractivity contribution is -0.132. The molecular weight excluding hydrogens is 290 g/mol. The zero-order valence-electron chi connectivity index (χ0n) is 10.6. The van der Waals surface area contributed by atoms with Crippen LogP contribution in [0, 0.1) is 0 Å². The van der Waals surface area contributed by atoms with Crippen molar-refractivity contribution in [1.29, 1.82) is 0 Å².